The van der Waals surface area contributed by atoms with Crippen LogP contribution >= 0.6 is 0 Å². The maximum Gasteiger partial charge on any atom is 0.309 e. The summed E-state index contributed by atoms with van der Waals surface area (Å²) in [4.78, 5) is 11.8. The second-order valence-corrected chi connectivity index (χ2v) is 7.87. The van der Waals surface area contributed by atoms with Crippen LogP contribution in [0.1, 0.15) is 25.8 Å². The van der Waals surface area contributed by atoms with E-state index in [4.69, 9.17) is 4.74 Å². The normalized spacial score (nSPS) is 22.5. The maximum atomic E-state index is 13.0. The number of benzene rings is 1. The van der Waals surface area contributed by atoms with Crippen molar-refractivity contribution in [1.82, 2.24) is 4.31 Å². The van der Waals surface area contributed by atoms with Crippen molar-refractivity contribution in [2.45, 2.75) is 44.4 Å². The van der Waals surface area contributed by atoms with Crippen LogP contribution in [-0.2, 0) is 24.3 Å². The molecule has 1 aliphatic rings. The van der Waals surface area contributed by atoms with Gasteiger partial charge in [0.05, 0.1) is 31.1 Å². The second-order valence-electron chi connectivity index (χ2n) is 6.03. The highest BCUT2D eigenvalue weighted by atomic mass is 32.2. The number of hydrogen-bond acceptors (Lipinski definition) is 5. The summed E-state index contributed by atoms with van der Waals surface area (Å²) in [7, 11) is -2.48. The first kappa shape index (κ1) is 17.9. The van der Waals surface area contributed by atoms with E-state index in [-0.39, 0.29) is 29.9 Å². The number of rotatable bonds is 5. The lowest BCUT2D eigenvalue weighted by Gasteiger charge is -2.29. The molecular formula is C16H23NO5S. The minimum Gasteiger partial charge on any atom is -0.469 e. The number of nitrogens with zero attached hydrogens (tertiary/aromatic N) is 1. The lowest BCUT2D eigenvalue weighted by atomic mass is 10.1. The molecule has 0 aromatic heterocycles. The summed E-state index contributed by atoms with van der Waals surface area (Å²) >= 11 is 0. The molecule has 0 bridgehead atoms. The number of ether oxygens (including phenoxy) is 2. The van der Waals surface area contributed by atoms with E-state index < -0.39 is 22.2 Å². The molecule has 2 atom stereocenters. The first-order chi connectivity index (χ1) is 10.8. The van der Waals surface area contributed by atoms with Crippen LogP contribution in [0.5, 0.6) is 0 Å². The fourth-order valence-electron chi connectivity index (χ4n) is 2.60. The molecule has 1 heterocycles. The van der Waals surface area contributed by atoms with E-state index in [9.17, 15) is 13.2 Å². The second kappa shape index (κ2) is 6.98. The Hall–Kier alpha value is -1.44. The molecule has 23 heavy (non-hydrogen) atoms. The van der Waals surface area contributed by atoms with E-state index in [0.717, 1.165) is 5.56 Å². The Bertz CT molecular complexity index is 654. The van der Waals surface area contributed by atoms with Crippen LogP contribution in [0.15, 0.2) is 29.2 Å². The minimum atomic E-state index is -3.75. The molecule has 6 nitrogen and oxygen atoms in total. The van der Waals surface area contributed by atoms with Gasteiger partial charge in [-0.25, -0.2) is 8.42 Å². The van der Waals surface area contributed by atoms with E-state index in [1.165, 1.54) is 11.4 Å². The fraction of sp³-hybridized carbons (Fsp3) is 0.562. The molecule has 0 aliphatic carbocycles. The first-order valence-electron chi connectivity index (χ1n) is 7.56. The summed E-state index contributed by atoms with van der Waals surface area (Å²) in [6.45, 7) is 6.04. The Kier molecular flexibility index (Phi) is 5.44. The highest BCUT2D eigenvalue weighted by molar-refractivity contribution is 7.89. The monoisotopic (exact) mass is 341 g/mol. The number of carbonyl (C=O) groups is 1. The van der Waals surface area contributed by atoms with E-state index in [1.54, 1.807) is 24.3 Å². The smallest absolute Gasteiger partial charge is 0.309 e. The summed E-state index contributed by atoms with van der Waals surface area (Å²) < 4.78 is 37.6. The molecule has 7 heteroatoms. The molecule has 128 valence electrons. The van der Waals surface area contributed by atoms with Gasteiger partial charge in [0.2, 0.25) is 10.0 Å². The van der Waals surface area contributed by atoms with Gasteiger partial charge in [-0.05, 0) is 25.0 Å². The summed E-state index contributed by atoms with van der Waals surface area (Å²) in [5, 5.41) is 0. The number of sulfonamides is 1. The van der Waals surface area contributed by atoms with Crippen LogP contribution < -0.4 is 0 Å². The van der Waals surface area contributed by atoms with Gasteiger partial charge in [0, 0.05) is 0 Å². The van der Waals surface area contributed by atoms with Gasteiger partial charge in [0.1, 0.15) is 6.23 Å². The Morgan fingerprint density at radius 1 is 1.35 bits per heavy atom. The van der Waals surface area contributed by atoms with Gasteiger partial charge in [0.15, 0.2) is 0 Å². The van der Waals surface area contributed by atoms with Crippen molar-refractivity contribution in [3.8, 4) is 0 Å². The molecule has 0 N–H and O–H groups in total. The van der Waals surface area contributed by atoms with E-state index >= 15 is 0 Å². The Morgan fingerprint density at radius 3 is 2.48 bits per heavy atom. The van der Waals surface area contributed by atoms with Gasteiger partial charge in [-0.3, -0.25) is 4.79 Å². The van der Waals surface area contributed by atoms with Crippen LogP contribution in [-0.4, -0.2) is 44.7 Å². The SMILES string of the molecule is COC(=O)C[C@@H]1OC[C@H](C(C)C)N1S(=O)(=O)c1ccc(C)cc1. The molecule has 0 spiro atoms. The van der Waals surface area contributed by atoms with Crippen LogP contribution in [0, 0.1) is 12.8 Å². The third kappa shape index (κ3) is 3.73. The molecular weight excluding hydrogens is 318 g/mol. The lowest BCUT2D eigenvalue weighted by molar-refractivity contribution is -0.144. The number of carbonyl (C=O) groups excluding carboxylic acids is 1. The average Bonchev–Trinajstić information content (AvgIpc) is 2.92. The third-order valence-corrected chi connectivity index (χ3v) is 5.93. The van der Waals surface area contributed by atoms with Gasteiger partial charge < -0.3 is 9.47 Å². The topological polar surface area (TPSA) is 72.9 Å². The number of esters is 1. The molecule has 1 aliphatic heterocycles. The molecule has 0 radical (unpaired) electrons. The largest absolute Gasteiger partial charge is 0.469 e. The Morgan fingerprint density at radius 2 is 1.96 bits per heavy atom. The van der Waals surface area contributed by atoms with Crippen LogP contribution in [0.25, 0.3) is 0 Å². The number of hydrogen-bond donors (Lipinski definition) is 0. The van der Waals surface area contributed by atoms with Gasteiger partial charge in [-0.15, -0.1) is 0 Å². The molecule has 1 aromatic carbocycles. The summed E-state index contributed by atoms with van der Waals surface area (Å²) in [5.41, 5.74) is 0.980. The third-order valence-electron chi connectivity index (χ3n) is 4.00. The van der Waals surface area contributed by atoms with Crippen molar-refractivity contribution < 1.29 is 22.7 Å². The van der Waals surface area contributed by atoms with E-state index in [2.05, 4.69) is 4.74 Å². The van der Waals surface area contributed by atoms with Crippen LogP contribution in [0.3, 0.4) is 0 Å². The molecule has 1 saturated heterocycles. The van der Waals surface area contributed by atoms with Gasteiger partial charge in [-0.2, -0.15) is 4.31 Å². The number of aryl methyl sites for hydroxylation is 1. The van der Waals surface area contributed by atoms with Crippen LogP contribution in [0.2, 0.25) is 0 Å². The molecule has 2 rings (SSSR count). The minimum absolute atomic E-state index is 0.0675. The van der Waals surface area contributed by atoms with Crippen molar-refractivity contribution in [3.05, 3.63) is 29.8 Å². The van der Waals surface area contributed by atoms with Crippen LogP contribution in [0.4, 0.5) is 0 Å². The fourth-order valence-corrected chi connectivity index (χ4v) is 4.43. The van der Waals surface area contributed by atoms with Crippen molar-refractivity contribution in [3.63, 3.8) is 0 Å². The average molecular weight is 341 g/mol. The zero-order valence-electron chi connectivity index (χ0n) is 13.9. The highest BCUT2D eigenvalue weighted by Gasteiger charge is 2.45. The summed E-state index contributed by atoms with van der Waals surface area (Å²) in [5.74, 6) is -0.429. The van der Waals surface area contributed by atoms with Gasteiger partial charge >= 0.3 is 5.97 Å². The zero-order chi connectivity index (χ0) is 17.2. The maximum absolute atomic E-state index is 13.0. The van der Waals surface area contributed by atoms with Crippen molar-refractivity contribution in [2.24, 2.45) is 5.92 Å². The van der Waals surface area contributed by atoms with Crippen molar-refractivity contribution in [1.29, 1.82) is 0 Å². The molecule has 0 amide bonds. The first-order valence-corrected chi connectivity index (χ1v) is 9.00. The lowest BCUT2D eigenvalue weighted by Crippen LogP contribution is -2.45. The summed E-state index contributed by atoms with van der Waals surface area (Å²) in [6, 6.07) is 6.36. The van der Waals surface area contributed by atoms with Gasteiger partial charge in [-0.1, -0.05) is 31.5 Å². The Labute approximate surface area is 137 Å². The summed E-state index contributed by atoms with van der Waals surface area (Å²) in [6.07, 6.45) is -0.952. The predicted octanol–water partition coefficient (Wildman–Crippen LogP) is 1.93. The molecule has 1 fully saturated rings. The van der Waals surface area contributed by atoms with Gasteiger partial charge in [0.25, 0.3) is 0 Å². The van der Waals surface area contributed by atoms with E-state index in [0.29, 0.717) is 0 Å². The molecule has 0 unspecified atom stereocenters. The van der Waals surface area contributed by atoms with E-state index in [1.807, 2.05) is 20.8 Å². The predicted molar refractivity (Wildman–Crippen MR) is 85.2 cm³/mol. The van der Waals surface area contributed by atoms with Crippen molar-refractivity contribution >= 4 is 16.0 Å². The number of methoxy groups -OCH3 is 1. The molecule has 0 saturated carbocycles. The quantitative estimate of drug-likeness (QED) is 0.765. The zero-order valence-corrected chi connectivity index (χ0v) is 14.7. The van der Waals surface area contributed by atoms with Crippen molar-refractivity contribution in [2.75, 3.05) is 13.7 Å². The molecule has 1 aromatic rings. The highest BCUT2D eigenvalue weighted by Crippen LogP contribution is 2.31. The Balaban J connectivity index is 2.39. The standard InChI is InChI=1S/C16H23NO5S/c1-11(2)14-10-22-15(9-16(18)21-4)17(14)23(19,20)13-7-5-12(3)6-8-13/h5-8,11,14-15H,9-10H2,1-4H3/t14-,15+/m1/s1.